The van der Waals surface area contributed by atoms with Gasteiger partial charge in [0.1, 0.15) is 0 Å². The standard InChI is InChI=1S/C9H17N3S/c1-2-12-8-11-6-9(12)7-13-5-3-4-10/h6,8H,2-5,7,10H2,1H3. The third-order valence-electron chi connectivity index (χ3n) is 1.88. The highest BCUT2D eigenvalue weighted by Gasteiger charge is 1.99. The molecule has 1 rings (SSSR count). The minimum atomic E-state index is 0.792. The molecule has 0 radical (unpaired) electrons. The summed E-state index contributed by atoms with van der Waals surface area (Å²) in [6.07, 6.45) is 4.93. The maximum atomic E-state index is 5.41. The van der Waals surface area contributed by atoms with Crippen LogP contribution in [0.2, 0.25) is 0 Å². The topological polar surface area (TPSA) is 43.8 Å². The highest BCUT2D eigenvalue weighted by Crippen LogP contribution is 2.12. The average Bonchev–Trinajstić information content (AvgIpc) is 2.60. The van der Waals surface area contributed by atoms with Crippen molar-refractivity contribution < 1.29 is 0 Å². The van der Waals surface area contributed by atoms with Gasteiger partial charge in [-0.25, -0.2) is 4.98 Å². The van der Waals surface area contributed by atoms with Crippen LogP contribution in [0.15, 0.2) is 12.5 Å². The third kappa shape index (κ3) is 3.40. The largest absolute Gasteiger partial charge is 0.334 e. The summed E-state index contributed by atoms with van der Waals surface area (Å²) < 4.78 is 2.18. The van der Waals surface area contributed by atoms with Crippen LogP contribution in [0.25, 0.3) is 0 Å². The molecule has 0 aliphatic rings. The summed E-state index contributed by atoms with van der Waals surface area (Å²) in [6.45, 7) is 3.93. The van der Waals surface area contributed by atoms with Crippen LogP contribution in [0.3, 0.4) is 0 Å². The zero-order valence-corrected chi connectivity index (χ0v) is 8.89. The first kappa shape index (κ1) is 10.6. The molecule has 0 amide bonds. The lowest BCUT2D eigenvalue weighted by Crippen LogP contribution is -2.01. The van der Waals surface area contributed by atoms with E-state index in [1.165, 1.54) is 5.69 Å². The van der Waals surface area contributed by atoms with E-state index in [1.54, 1.807) is 0 Å². The molecule has 4 heteroatoms. The van der Waals surface area contributed by atoms with E-state index in [2.05, 4.69) is 16.5 Å². The van der Waals surface area contributed by atoms with E-state index < -0.39 is 0 Å². The van der Waals surface area contributed by atoms with Gasteiger partial charge in [0, 0.05) is 24.2 Å². The fourth-order valence-electron chi connectivity index (χ4n) is 1.12. The molecule has 0 saturated carbocycles. The Hall–Kier alpha value is -0.480. The molecule has 74 valence electrons. The van der Waals surface area contributed by atoms with E-state index in [0.717, 1.165) is 31.0 Å². The second-order valence-electron chi connectivity index (χ2n) is 2.87. The fraction of sp³-hybridized carbons (Fsp3) is 0.667. The summed E-state index contributed by atoms with van der Waals surface area (Å²) in [6, 6.07) is 0. The van der Waals surface area contributed by atoms with Crippen LogP contribution in [0, 0.1) is 0 Å². The number of imidazole rings is 1. The Labute approximate surface area is 83.7 Å². The van der Waals surface area contributed by atoms with Crippen LogP contribution in [-0.2, 0) is 12.3 Å². The molecule has 3 nitrogen and oxygen atoms in total. The second-order valence-corrected chi connectivity index (χ2v) is 3.97. The van der Waals surface area contributed by atoms with Gasteiger partial charge in [-0.1, -0.05) is 0 Å². The quantitative estimate of drug-likeness (QED) is 0.706. The molecule has 13 heavy (non-hydrogen) atoms. The molecular formula is C9H17N3S. The molecule has 0 aromatic carbocycles. The predicted molar refractivity (Wildman–Crippen MR) is 57.7 cm³/mol. The number of nitrogens with zero attached hydrogens (tertiary/aromatic N) is 2. The van der Waals surface area contributed by atoms with E-state index in [-0.39, 0.29) is 0 Å². The summed E-state index contributed by atoms with van der Waals surface area (Å²) in [7, 11) is 0. The smallest absolute Gasteiger partial charge is 0.0948 e. The normalized spacial score (nSPS) is 10.6. The minimum absolute atomic E-state index is 0.792. The molecule has 0 fully saturated rings. The first-order valence-electron chi connectivity index (χ1n) is 4.65. The summed E-state index contributed by atoms with van der Waals surface area (Å²) in [5, 5.41) is 0. The van der Waals surface area contributed by atoms with Crippen molar-refractivity contribution in [2.75, 3.05) is 12.3 Å². The predicted octanol–water partition coefficient (Wildman–Crippen LogP) is 1.48. The monoisotopic (exact) mass is 199 g/mol. The Bertz CT molecular complexity index is 235. The van der Waals surface area contributed by atoms with Crippen LogP contribution in [0.5, 0.6) is 0 Å². The van der Waals surface area contributed by atoms with Crippen molar-refractivity contribution in [2.45, 2.75) is 25.6 Å². The Morgan fingerprint density at radius 2 is 2.46 bits per heavy atom. The van der Waals surface area contributed by atoms with Gasteiger partial charge in [0.05, 0.1) is 6.33 Å². The number of nitrogens with two attached hydrogens (primary N) is 1. The van der Waals surface area contributed by atoms with Crippen LogP contribution in [-0.4, -0.2) is 21.8 Å². The molecule has 1 aromatic rings. The van der Waals surface area contributed by atoms with Gasteiger partial charge in [0.15, 0.2) is 0 Å². The molecule has 0 aliphatic heterocycles. The lowest BCUT2D eigenvalue weighted by atomic mass is 10.5. The van der Waals surface area contributed by atoms with Gasteiger partial charge in [-0.05, 0) is 25.6 Å². The van der Waals surface area contributed by atoms with Crippen LogP contribution in [0.1, 0.15) is 19.0 Å². The number of rotatable bonds is 6. The molecule has 0 unspecified atom stereocenters. The van der Waals surface area contributed by atoms with E-state index in [4.69, 9.17) is 5.73 Å². The van der Waals surface area contributed by atoms with Gasteiger partial charge >= 0.3 is 0 Å². The molecule has 0 bridgehead atoms. The summed E-state index contributed by atoms with van der Waals surface area (Å²) in [4.78, 5) is 4.12. The lowest BCUT2D eigenvalue weighted by molar-refractivity contribution is 0.733. The summed E-state index contributed by atoms with van der Waals surface area (Å²) in [5.74, 6) is 2.19. The van der Waals surface area contributed by atoms with Crippen molar-refractivity contribution in [3.05, 3.63) is 18.2 Å². The first-order valence-corrected chi connectivity index (χ1v) is 5.80. The maximum absolute atomic E-state index is 5.41. The minimum Gasteiger partial charge on any atom is -0.334 e. The summed E-state index contributed by atoms with van der Waals surface area (Å²) >= 11 is 1.92. The van der Waals surface area contributed by atoms with Gasteiger partial charge < -0.3 is 10.3 Å². The van der Waals surface area contributed by atoms with Gasteiger partial charge in [0.2, 0.25) is 0 Å². The molecule has 0 saturated heterocycles. The zero-order chi connectivity index (χ0) is 9.52. The Morgan fingerprint density at radius 1 is 1.62 bits per heavy atom. The second kappa shape index (κ2) is 6.05. The van der Waals surface area contributed by atoms with Crippen LogP contribution < -0.4 is 5.73 Å². The number of thioether (sulfide) groups is 1. The zero-order valence-electron chi connectivity index (χ0n) is 8.07. The van der Waals surface area contributed by atoms with Crippen molar-refractivity contribution in [3.8, 4) is 0 Å². The van der Waals surface area contributed by atoms with Gasteiger partial charge in [-0.2, -0.15) is 11.8 Å². The van der Waals surface area contributed by atoms with Gasteiger partial charge in [-0.15, -0.1) is 0 Å². The number of aromatic nitrogens is 2. The highest BCUT2D eigenvalue weighted by molar-refractivity contribution is 7.98. The van der Waals surface area contributed by atoms with E-state index in [1.807, 2.05) is 24.3 Å². The molecule has 0 aliphatic carbocycles. The van der Waals surface area contributed by atoms with Crippen molar-refractivity contribution >= 4 is 11.8 Å². The highest BCUT2D eigenvalue weighted by atomic mass is 32.2. The van der Waals surface area contributed by atoms with Crippen molar-refractivity contribution in [2.24, 2.45) is 5.73 Å². The third-order valence-corrected chi connectivity index (χ3v) is 2.96. The Balaban J connectivity index is 2.27. The van der Waals surface area contributed by atoms with Crippen molar-refractivity contribution in [1.82, 2.24) is 9.55 Å². The maximum Gasteiger partial charge on any atom is 0.0948 e. The van der Waals surface area contributed by atoms with Crippen LogP contribution >= 0.6 is 11.8 Å². The Morgan fingerprint density at radius 3 is 3.15 bits per heavy atom. The first-order chi connectivity index (χ1) is 6.38. The number of hydrogen-bond donors (Lipinski definition) is 1. The van der Waals surface area contributed by atoms with Gasteiger partial charge in [0.25, 0.3) is 0 Å². The van der Waals surface area contributed by atoms with E-state index in [0.29, 0.717) is 0 Å². The van der Waals surface area contributed by atoms with Crippen LogP contribution in [0.4, 0.5) is 0 Å². The molecule has 2 N–H and O–H groups in total. The molecular weight excluding hydrogens is 182 g/mol. The average molecular weight is 199 g/mol. The molecule has 0 spiro atoms. The fourth-order valence-corrected chi connectivity index (χ4v) is 2.08. The molecule has 0 atom stereocenters. The SMILES string of the molecule is CCn1cncc1CSCCCN. The van der Waals surface area contributed by atoms with E-state index >= 15 is 0 Å². The Kier molecular flexibility index (Phi) is 4.93. The van der Waals surface area contributed by atoms with E-state index in [9.17, 15) is 0 Å². The number of aryl methyl sites for hydroxylation is 1. The molecule has 1 heterocycles. The van der Waals surface area contributed by atoms with Crippen molar-refractivity contribution in [1.29, 1.82) is 0 Å². The number of hydrogen-bond acceptors (Lipinski definition) is 3. The van der Waals surface area contributed by atoms with Gasteiger partial charge in [-0.3, -0.25) is 0 Å². The summed E-state index contributed by atoms with van der Waals surface area (Å²) in [5.41, 5.74) is 6.72. The lowest BCUT2D eigenvalue weighted by Gasteiger charge is -2.03. The molecule has 1 aromatic heterocycles. The van der Waals surface area contributed by atoms with Crippen molar-refractivity contribution in [3.63, 3.8) is 0 Å².